The average Bonchev–Trinajstić information content (AvgIpc) is 2.78. The number of benzene rings is 1. The Morgan fingerprint density at radius 2 is 2.16 bits per heavy atom. The highest BCUT2D eigenvalue weighted by molar-refractivity contribution is 9.10. The molecule has 0 aliphatic heterocycles. The smallest absolute Gasteiger partial charge is 0.238 e. The number of carbonyl (C=O) groups excluding carboxylic acids is 1. The van der Waals surface area contributed by atoms with Gasteiger partial charge >= 0.3 is 0 Å². The van der Waals surface area contributed by atoms with Gasteiger partial charge in [0.1, 0.15) is 0 Å². The highest BCUT2D eigenvalue weighted by Gasteiger charge is 2.22. The number of amides is 1. The fourth-order valence-electron chi connectivity index (χ4n) is 2.65. The van der Waals surface area contributed by atoms with Crippen molar-refractivity contribution in [1.82, 2.24) is 5.32 Å². The van der Waals surface area contributed by atoms with E-state index in [4.69, 9.17) is 0 Å². The molecule has 1 aromatic carbocycles. The van der Waals surface area contributed by atoms with Crippen molar-refractivity contribution in [3.05, 3.63) is 28.7 Å². The lowest BCUT2D eigenvalue weighted by molar-refractivity contribution is -0.115. The average molecular weight is 325 g/mol. The molecule has 0 bridgehead atoms. The van der Waals surface area contributed by atoms with Gasteiger partial charge in [-0.25, -0.2) is 0 Å². The van der Waals surface area contributed by atoms with E-state index in [1.54, 1.807) is 0 Å². The second-order valence-corrected chi connectivity index (χ2v) is 6.18. The Kier molecular flexibility index (Phi) is 5.40. The Hall–Kier alpha value is -0.870. The van der Waals surface area contributed by atoms with Crippen LogP contribution in [0.5, 0.6) is 0 Å². The largest absolute Gasteiger partial charge is 0.324 e. The van der Waals surface area contributed by atoms with Crippen molar-refractivity contribution < 1.29 is 4.79 Å². The predicted octanol–water partition coefficient (Wildman–Crippen LogP) is 3.41. The maximum absolute atomic E-state index is 11.8. The number of nitrogens with one attached hydrogen (secondary N) is 2. The zero-order valence-corrected chi connectivity index (χ0v) is 12.9. The molecule has 1 aromatic rings. The van der Waals surface area contributed by atoms with Crippen LogP contribution in [0, 0.1) is 11.8 Å². The SMILES string of the molecule is CC1CCCC1CNCC(=O)Nc1ccccc1Br. The normalized spacial score (nSPS) is 22.4. The minimum atomic E-state index is 0.0116. The quantitative estimate of drug-likeness (QED) is 0.871. The fourth-order valence-corrected chi connectivity index (χ4v) is 3.04. The molecule has 0 radical (unpaired) electrons. The molecule has 19 heavy (non-hydrogen) atoms. The van der Waals surface area contributed by atoms with E-state index in [9.17, 15) is 4.79 Å². The molecule has 1 fully saturated rings. The van der Waals surface area contributed by atoms with Crippen LogP contribution < -0.4 is 10.6 Å². The summed E-state index contributed by atoms with van der Waals surface area (Å²) >= 11 is 3.42. The van der Waals surface area contributed by atoms with Crippen molar-refractivity contribution in [2.45, 2.75) is 26.2 Å². The van der Waals surface area contributed by atoms with Gasteiger partial charge in [0.15, 0.2) is 0 Å². The minimum absolute atomic E-state index is 0.0116. The van der Waals surface area contributed by atoms with E-state index < -0.39 is 0 Å². The van der Waals surface area contributed by atoms with Gasteiger partial charge in [0.2, 0.25) is 5.91 Å². The van der Waals surface area contributed by atoms with E-state index in [0.717, 1.165) is 28.5 Å². The zero-order valence-electron chi connectivity index (χ0n) is 11.3. The minimum Gasteiger partial charge on any atom is -0.324 e. The van der Waals surface area contributed by atoms with Crippen LogP contribution in [0.2, 0.25) is 0 Å². The van der Waals surface area contributed by atoms with Gasteiger partial charge in [0.05, 0.1) is 12.2 Å². The Morgan fingerprint density at radius 1 is 1.37 bits per heavy atom. The van der Waals surface area contributed by atoms with Gasteiger partial charge in [-0.3, -0.25) is 4.79 Å². The Balaban J connectivity index is 1.72. The van der Waals surface area contributed by atoms with Gasteiger partial charge in [-0.2, -0.15) is 0 Å². The van der Waals surface area contributed by atoms with Gasteiger partial charge in [-0.1, -0.05) is 31.9 Å². The van der Waals surface area contributed by atoms with Crippen LogP contribution in [0.4, 0.5) is 5.69 Å². The molecule has 0 heterocycles. The molecule has 1 aliphatic carbocycles. The molecule has 1 aliphatic rings. The van der Waals surface area contributed by atoms with Gasteiger partial charge in [0.25, 0.3) is 0 Å². The maximum Gasteiger partial charge on any atom is 0.238 e. The number of halogens is 1. The van der Waals surface area contributed by atoms with Crippen molar-refractivity contribution in [2.75, 3.05) is 18.4 Å². The third-order valence-corrected chi connectivity index (χ3v) is 4.57. The molecule has 1 amide bonds. The van der Waals surface area contributed by atoms with Gasteiger partial charge in [-0.05, 0) is 52.9 Å². The highest BCUT2D eigenvalue weighted by Crippen LogP contribution is 2.30. The number of hydrogen-bond donors (Lipinski definition) is 2. The van der Waals surface area contributed by atoms with Gasteiger partial charge in [-0.15, -0.1) is 0 Å². The van der Waals surface area contributed by atoms with E-state index in [1.807, 2.05) is 24.3 Å². The van der Waals surface area contributed by atoms with Gasteiger partial charge < -0.3 is 10.6 Å². The molecule has 1 saturated carbocycles. The molecule has 4 heteroatoms. The fraction of sp³-hybridized carbons (Fsp3) is 0.533. The zero-order chi connectivity index (χ0) is 13.7. The molecule has 3 nitrogen and oxygen atoms in total. The first kappa shape index (κ1) is 14.5. The summed E-state index contributed by atoms with van der Waals surface area (Å²) in [6.45, 7) is 3.63. The number of anilines is 1. The summed E-state index contributed by atoms with van der Waals surface area (Å²) in [4.78, 5) is 11.8. The second kappa shape index (κ2) is 7.06. The van der Waals surface area contributed by atoms with Crippen molar-refractivity contribution in [3.63, 3.8) is 0 Å². The third-order valence-electron chi connectivity index (χ3n) is 3.88. The van der Waals surface area contributed by atoms with Crippen molar-refractivity contribution in [2.24, 2.45) is 11.8 Å². The molecule has 2 rings (SSSR count). The number of carbonyl (C=O) groups is 1. The maximum atomic E-state index is 11.8. The summed E-state index contributed by atoms with van der Waals surface area (Å²) in [5, 5.41) is 6.17. The Morgan fingerprint density at radius 3 is 2.84 bits per heavy atom. The summed E-state index contributed by atoms with van der Waals surface area (Å²) in [5.74, 6) is 1.53. The van der Waals surface area contributed by atoms with Crippen LogP contribution in [0.1, 0.15) is 26.2 Å². The lowest BCUT2D eigenvalue weighted by Gasteiger charge is -2.15. The number of rotatable bonds is 5. The monoisotopic (exact) mass is 324 g/mol. The molecule has 0 spiro atoms. The van der Waals surface area contributed by atoms with Crippen LogP contribution in [0.25, 0.3) is 0 Å². The third kappa shape index (κ3) is 4.32. The van der Waals surface area contributed by atoms with E-state index >= 15 is 0 Å². The van der Waals surface area contributed by atoms with Gasteiger partial charge in [0, 0.05) is 4.47 Å². The van der Waals surface area contributed by atoms with Crippen LogP contribution in [-0.4, -0.2) is 19.0 Å². The second-order valence-electron chi connectivity index (χ2n) is 5.33. The molecule has 104 valence electrons. The molecular weight excluding hydrogens is 304 g/mol. The summed E-state index contributed by atoms with van der Waals surface area (Å²) in [6, 6.07) is 7.65. The molecule has 2 N–H and O–H groups in total. The van der Waals surface area contributed by atoms with E-state index in [1.165, 1.54) is 19.3 Å². The summed E-state index contributed by atoms with van der Waals surface area (Å²) in [7, 11) is 0. The van der Waals surface area contributed by atoms with Crippen molar-refractivity contribution >= 4 is 27.5 Å². The Labute approximate surface area is 123 Å². The molecular formula is C15H21BrN2O. The molecule has 0 aromatic heterocycles. The van der Waals surface area contributed by atoms with Crippen LogP contribution in [0.3, 0.4) is 0 Å². The topological polar surface area (TPSA) is 41.1 Å². The summed E-state index contributed by atoms with van der Waals surface area (Å²) in [5.41, 5.74) is 0.823. The lowest BCUT2D eigenvalue weighted by atomic mass is 9.98. The molecule has 2 atom stereocenters. The molecule has 2 unspecified atom stereocenters. The number of hydrogen-bond acceptors (Lipinski definition) is 2. The summed E-state index contributed by atoms with van der Waals surface area (Å²) in [6.07, 6.45) is 3.95. The standard InChI is InChI=1S/C15H21BrN2O/c1-11-5-4-6-12(11)9-17-10-15(19)18-14-8-3-2-7-13(14)16/h2-3,7-8,11-12,17H,4-6,9-10H2,1H3,(H,18,19). The first-order chi connectivity index (χ1) is 9.16. The van der Waals surface area contributed by atoms with Crippen LogP contribution >= 0.6 is 15.9 Å². The lowest BCUT2D eigenvalue weighted by Crippen LogP contribution is -2.32. The van der Waals surface area contributed by atoms with Crippen LogP contribution in [-0.2, 0) is 4.79 Å². The predicted molar refractivity (Wildman–Crippen MR) is 82.1 cm³/mol. The van der Waals surface area contributed by atoms with Crippen molar-refractivity contribution in [3.8, 4) is 0 Å². The van der Waals surface area contributed by atoms with E-state index in [2.05, 4.69) is 33.5 Å². The Bertz CT molecular complexity index is 436. The summed E-state index contributed by atoms with van der Waals surface area (Å²) < 4.78 is 0.910. The molecule has 0 saturated heterocycles. The van der Waals surface area contributed by atoms with Crippen molar-refractivity contribution in [1.29, 1.82) is 0 Å². The van der Waals surface area contributed by atoms with E-state index in [0.29, 0.717) is 6.54 Å². The first-order valence-electron chi connectivity index (χ1n) is 6.92. The van der Waals surface area contributed by atoms with E-state index in [-0.39, 0.29) is 5.91 Å². The highest BCUT2D eigenvalue weighted by atomic mass is 79.9. The first-order valence-corrected chi connectivity index (χ1v) is 7.71. The van der Waals surface area contributed by atoms with Crippen LogP contribution in [0.15, 0.2) is 28.7 Å². The number of para-hydroxylation sites is 1.